The molecule has 1 heterocycles. The summed E-state index contributed by atoms with van der Waals surface area (Å²) in [4.78, 5) is 11.0. The number of rotatable bonds is 10. The lowest BCUT2D eigenvalue weighted by Crippen LogP contribution is -2.33. The first kappa shape index (κ1) is 28.2. The van der Waals surface area contributed by atoms with E-state index in [4.69, 9.17) is 14.6 Å². The Kier molecular flexibility index (Phi) is 8.53. The van der Waals surface area contributed by atoms with E-state index in [1.165, 1.54) is 28.9 Å². The van der Waals surface area contributed by atoms with Crippen molar-refractivity contribution in [3.63, 3.8) is 0 Å². The molecule has 0 atom stereocenters. The van der Waals surface area contributed by atoms with E-state index in [0.717, 1.165) is 53.8 Å². The van der Waals surface area contributed by atoms with Crippen LogP contribution in [0, 0.1) is 0 Å². The topological polar surface area (TPSA) is 67.8 Å². The second kappa shape index (κ2) is 11.5. The summed E-state index contributed by atoms with van der Waals surface area (Å²) in [5.41, 5.74) is 7.24. The second-order valence-corrected chi connectivity index (χ2v) is 12.8. The second-order valence-electron chi connectivity index (χ2n) is 11.9. The SMILES string of the molecule is CC(C)NCCCCOc1ccc(-c2csc(OC(=O)O)c2)cc1-c1ccc2c(c1)C(C)(C)CCC2(C)C. The molecule has 3 aromatic rings. The van der Waals surface area contributed by atoms with Crippen LogP contribution in [-0.4, -0.2) is 30.5 Å². The van der Waals surface area contributed by atoms with Crippen LogP contribution in [0.15, 0.2) is 47.8 Å². The third-order valence-electron chi connectivity index (χ3n) is 7.62. The van der Waals surface area contributed by atoms with Gasteiger partial charge in [0.1, 0.15) is 5.75 Å². The Morgan fingerprint density at radius 2 is 1.66 bits per heavy atom. The van der Waals surface area contributed by atoms with Crippen LogP contribution in [0.4, 0.5) is 4.79 Å². The Morgan fingerprint density at radius 1 is 0.947 bits per heavy atom. The van der Waals surface area contributed by atoms with Gasteiger partial charge in [0.25, 0.3) is 0 Å². The summed E-state index contributed by atoms with van der Waals surface area (Å²) < 4.78 is 11.2. The van der Waals surface area contributed by atoms with Gasteiger partial charge in [-0.25, -0.2) is 4.79 Å². The Hall–Kier alpha value is -2.83. The summed E-state index contributed by atoms with van der Waals surface area (Å²) in [7, 11) is 0. The average molecular weight is 536 g/mol. The highest BCUT2D eigenvalue weighted by atomic mass is 32.1. The monoisotopic (exact) mass is 535 g/mol. The first-order chi connectivity index (χ1) is 18.0. The minimum absolute atomic E-state index is 0.110. The van der Waals surface area contributed by atoms with E-state index in [9.17, 15) is 4.79 Å². The number of hydrogen-bond donors (Lipinski definition) is 2. The molecule has 0 unspecified atom stereocenters. The number of thiophene rings is 1. The van der Waals surface area contributed by atoms with Crippen molar-refractivity contribution in [2.24, 2.45) is 0 Å². The molecule has 0 saturated heterocycles. The third kappa shape index (κ3) is 6.59. The fourth-order valence-electron chi connectivity index (χ4n) is 5.22. The van der Waals surface area contributed by atoms with Gasteiger partial charge in [0.15, 0.2) is 5.06 Å². The number of nitrogens with one attached hydrogen (secondary N) is 1. The van der Waals surface area contributed by atoms with Gasteiger partial charge < -0.3 is 19.9 Å². The largest absolute Gasteiger partial charge is 0.512 e. The highest BCUT2D eigenvalue weighted by molar-refractivity contribution is 7.12. The molecular formula is C32H41NO4S. The smallest absolute Gasteiger partial charge is 0.493 e. The van der Waals surface area contributed by atoms with Gasteiger partial charge in [-0.3, -0.25) is 0 Å². The van der Waals surface area contributed by atoms with E-state index in [2.05, 4.69) is 71.1 Å². The van der Waals surface area contributed by atoms with Crippen LogP contribution in [0.25, 0.3) is 22.3 Å². The molecule has 1 aliphatic carbocycles. The molecule has 0 bridgehead atoms. The van der Waals surface area contributed by atoms with Crippen LogP contribution in [-0.2, 0) is 10.8 Å². The lowest BCUT2D eigenvalue weighted by atomic mass is 9.63. The van der Waals surface area contributed by atoms with Gasteiger partial charge in [-0.1, -0.05) is 65.8 Å². The molecule has 0 radical (unpaired) electrons. The number of carboxylic acid groups (broad SMARTS) is 1. The number of unbranched alkanes of at least 4 members (excludes halogenated alkanes) is 1. The number of fused-ring (bicyclic) bond motifs is 1. The first-order valence-corrected chi connectivity index (χ1v) is 14.5. The summed E-state index contributed by atoms with van der Waals surface area (Å²) in [5.74, 6) is 0.871. The van der Waals surface area contributed by atoms with Crippen molar-refractivity contribution < 1.29 is 19.4 Å². The fourth-order valence-corrected chi connectivity index (χ4v) is 5.99. The molecule has 38 heavy (non-hydrogen) atoms. The van der Waals surface area contributed by atoms with Crippen LogP contribution in [0.3, 0.4) is 0 Å². The van der Waals surface area contributed by atoms with E-state index < -0.39 is 6.16 Å². The quantitative estimate of drug-likeness (QED) is 0.201. The van der Waals surface area contributed by atoms with E-state index in [1.54, 1.807) is 6.07 Å². The maximum absolute atomic E-state index is 11.0. The molecule has 0 aliphatic heterocycles. The summed E-state index contributed by atoms with van der Waals surface area (Å²) in [6.07, 6.45) is 3.08. The summed E-state index contributed by atoms with van der Waals surface area (Å²) in [6.45, 7) is 15.4. The molecule has 1 aromatic heterocycles. The highest BCUT2D eigenvalue weighted by Crippen LogP contribution is 2.47. The lowest BCUT2D eigenvalue weighted by molar-refractivity contribution is 0.146. The Morgan fingerprint density at radius 3 is 2.37 bits per heavy atom. The van der Waals surface area contributed by atoms with Crippen LogP contribution in [0.1, 0.15) is 78.4 Å². The van der Waals surface area contributed by atoms with Crippen molar-refractivity contribution in [2.75, 3.05) is 13.2 Å². The third-order valence-corrected chi connectivity index (χ3v) is 8.43. The van der Waals surface area contributed by atoms with E-state index in [1.807, 2.05) is 17.5 Å². The molecule has 1 aliphatic rings. The van der Waals surface area contributed by atoms with Crippen LogP contribution in [0.2, 0.25) is 0 Å². The van der Waals surface area contributed by atoms with Crippen molar-refractivity contribution in [1.29, 1.82) is 0 Å². The summed E-state index contributed by atoms with van der Waals surface area (Å²) in [5, 5.41) is 14.7. The normalized spacial score (nSPS) is 15.8. The van der Waals surface area contributed by atoms with E-state index in [-0.39, 0.29) is 10.8 Å². The molecule has 0 spiro atoms. The Balaban J connectivity index is 1.68. The number of ether oxygens (including phenoxy) is 2. The van der Waals surface area contributed by atoms with E-state index in [0.29, 0.717) is 17.7 Å². The minimum Gasteiger partial charge on any atom is -0.493 e. The highest BCUT2D eigenvalue weighted by Gasteiger charge is 2.37. The molecule has 2 aromatic carbocycles. The number of hydrogen-bond acceptors (Lipinski definition) is 5. The molecule has 0 amide bonds. The fraction of sp³-hybridized carbons (Fsp3) is 0.469. The summed E-state index contributed by atoms with van der Waals surface area (Å²) in [6, 6.07) is 15.4. The van der Waals surface area contributed by atoms with Gasteiger partial charge in [0.2, 0.25) is 0 Å². The van der Waals surface area contributed by atoms with Gasteiger partial charge in [-0.05, 0) is 83.0 Å². The minimum atomic E-state index is -1.30. The molecule has 204 valence electrons. The van der Waals surface area contributed by atoms with Gasteiger partial charge in [0.05, 0.1) is 6.61 Å². The predicted octanol–water partition coefficient (Wildman–Crippen LogP) is 8.64. The van der Waals surface area contributed by atoms with Gasteiger partial charge in [0, 0.05) is 23.1 Å². The number of carbonyl (C=O) groups is 1. The zero-order chi connectivity index (χ0) is 27.5. The molecule has 2 N–H and O–H groups in total. The van der Waals surface area contributed by atoms with Crippen molar-refractivity contribution in [2.45, 2.75) is 84.1 Å². The zero-order valence-corrected chi connectivity index (χ0v) is 24.3. The van der Waals surface area contributed by atoms with Crippen LogP contribution in [0.5, 0.6) is 10.8 Å². The van der Waals surface area contributed by atoms with Gasteiger partial charge in [-0.2, -0.15) is 0 Å². The molecule has 6 heteroatoms. The molecule has 4 rings (SSSR count). The summed E-state index contributed by atoms with van der Waals surface area (Å²) >= 11 is 1.28. The Labute approximate surface area is 231 Å². The van der Waals surface area contributed by atoms with Crippen molar-refractivity contribution in [3.8, 4) is 33.1 Å². The Bertz CT molecular complexity index is 1270. The van der Waals surface area contributed by atoms with Crippen LogP contribution < -0.4 is 14.8 Å². The average Bonchev–Trinajstić information content (AvgIpc) is 3.31. The van der Waals surface area contributed by atoms with Gasteiger partial charge in [-0.15, -0.1) is 11.3 Å². The van der Waals surface area contributed by atoms with Crippen LogP contribution >= 0.6 is 11.3 Å². The zero-order valence-electron chi connectivity index (χ0n) is 23.5. The van der Waals surface area contributed by atoms with Gasteiger partial charge >= 0.3 is 6.16 Å². The van der Waals surface area contributed by atoms with E-state index >= 15 is 0 Å². The molecule has 0 saturated carbocycles. The maximum atomic E-state index is 11.0. The molecule has 5 nitrogen and oxygen atoms in total. The van der Waals surface area contributed by atoms with Crippen molar-refractivity contribution >= 4 is 17.5 Å². The first-order valence-electron chi connectivity index (χ1n) is 13.6. The van der Waals surface area contributed by atoms with Crippen molar-refractivity contribution in [3.05, 3.63) is 59.0 Å². The maximum Gasteiger partial charge on any atom is 0.512 e. The molecule has 0 fully saturated rings. The number of benzene rings is 2. The predicted molar refractivity (Wildman–Crippen MR) is 157 cm³/mol. The standard InChI is InChI=1S/C32H41NO4S/c1-21(2)33-15-7-8-16-36-28-12-10-22(24-19-29(38-20-24)37-30(34)35)17-25(28)23-9-11-26-27(18-23)32(5,6)14-13-31(26,3)4/h9-12,17-21,33H,7-8,13-16H2,1-6H3,(H,34,35). The molecular weight excluding hydrogens is 494 g/mol. The van der Waals surface area contributed by atoms with Crippen molar-refractivity contribution in [1.82, 2.24) is 5.32 Å². The lowest BCUT2D eigenvalue weighted by Gasteiger charge is -2.42.